The van der Waals surface area contributed by atoms with E-state index in [4.69, 9.17) is 5.11 Å². The van der Waals surface area contributed by atoms with E-state index in [1.54, 1.807) is 6.92 Å². The molecule has 0 aliphatic rings. The zero-order chi connectivity index (χ0) is 13.7. The van der Waals surface area contributed by atoms with E-state index in [1.165, 1.54) is 12.1 Å². The van der Waals surface area contributed by atoms with Gasteiger partial charge in [-0.25, -0.2) is 9.78 Å². The van der Waals surface area contributed by atoms with Crippen molar-refractivity contribution in [1.82, 2.24) is 10.3 Å². The van der Waals surface area contributed by atoms with Crippen LogP contribution in [0, 0.1) is 12.8 Å². The van der Waals surface area contributed by atoms with Crippen molar-refractivity contribution in [3.05, 3.63) is 29.1 Å². The molecule has 1 atom stereocenters. The highest BCUT2D eigenvalue weighted by Gasteiger charge is 2.13. The third-order valence-electron chi connectivity index (χ3n) is 2.86. The molecule has 2 N–H and O–H groups in total. The summed E-state index contributed by atoms with van der Waals surface area (Å²) in [5, 5.41) is 11.6. The molecule has 0 saturated heterocycles. The maximum absolute atomic E-state index is 11.8. The highest BCUT2D eigenvalue weighted by Crippen LogP contribution is 2.07. The highest BCUT2D eigenvalue weighted by molar-refractivity contribution is 5.94. The number of rotatable bonds is 5. The zero-order valence-corrected chi connectivity index (χ0v) is 10.9. The van der Waals surface area contributed by atoms with Gasteiger partial charge < -0.3 is 10.4 Å². The second-order valence-corrected chi connectivity index (χ2v) is 4.36. The monoisotopic (exact) mass is 250 g/mol. The average Bonchev–Trinajstić information content (AvgIpc) is 2.34. The van der Waals surface area contributed by atoms with Gasteiger partial charge in [-0.15, -0.1) is 0 Å². The Hall–Kier alpha value is -1.91. The van der Waals surface area contributed by atoms with E-state index >= 15 is 0 Å². The third-order valence-corrected chi connectivity index (χ3v) is 2.86. The summed E-state index contributed by atoms with van der Waals surface area (Å²) in [6, 6.07) is 2.84. The fourth-order valence-electron chi connectivity index (χ4n) is 1.42. The van der Waals surface area contributed by atoms with Crippen molar-refractivity contribution >= 4 is 11.9 Å². The number of carboxylic acid groups (broad SMARTS) is 1. The number of aromatic nitrogens is 1. The molecular formula is C13H18N2O3. The molecule has 0 aliphatic heterocycles. The summed E-state index contributed by atoms with van der Waals surface area (Å²) in [7, 11) is 0. The average molecular weight is 250 g/mol. The lowest BCUT2D eigenvalue weighted by molar-refractivity contribution is 0.0694. The van der Waals surface area contributed by atoms with Gasteiger partial charge >= 0.3 is 5.97 Å². The lowest BCUT2D eigenvalue weighted by Crippen LogP contribution is -2.29. The van der Waals surface area contributed by atoms with E-state index in [0.29, 0.717) is 18.2 Å². The van der Waals surface area contributed by atoms with Crippen molar-refractivity contribution in [2.24, 2.45) is 5.92 Å². The molecule has 1 amide bonds. The number of nitrogens with one attached hydrogen (secondary N) is 1. The molecule has 0 aliphatic carbocycles. The van der Waals surface area contributed by atoms with Gasteiger partial charge in [-0.3, -0.25) is 4.79 Å². The fourth-order valence-corrected chi connectivity index (χ4v) is 1.42. The maximum atomic E-state index is 11.8. The fraction of sp³-hybridized carbons (Fsp3) is 0.462. The van der Waals surface area contributed by atoms with Crippen molar-refractivity contribution in [2.45, 2.75) is 27.2 Å². The van der Waals surface area contributed by atoms with Gasteiger partial charge in [0.05, 0.1) is 11.3 Å². The summed E-state index contributed by atoms with van der Waals surface area (Å²) in [4.78, 5) is 26.6. The normalized spacial score (nSPS) is 11.9. The van der Waals surface area contributed by atoms with Gasteiger partial charge in [0.25, 0.3) is 5.91 Å². The lowest BCUT2D eigenvalue weighted by atomic mass is 10.1. The number of carbonyl (C=O) groups is 2. The van der Waals surface area contributed by atoms with Crippen LogP contribution in [0.15, 0.2) is 12.1 Å². The molecule has 0 spiro atoms. The molecule has 1 aromatic heterocycles. The van der Waals surface area contributed by atoms with Crippen LogP contribution in [0.25, 0.3) is 0 Å². The van der Waals surface area contributed by atoms with Gasteiger partial charge in [-0.2, -0.15) is 0 Å². The third kappa shape index (κ3) is 3.55. The molecule has 0 radical (unpaired) electrons. The van der Waals surface area contributed by atoms with Crippen LogP contribution in [0.2, 0.25) is 0 Å². The molecule has 0 bridgehead atoms. The summed E-state index contributed by atoms with van der Waals surface area (Å²) in [6.45, 7) is 6.28. The SMILES string of the molecule is CCC(C)CNC(=O)c1ccc(C(=O)O)c(C)n1. The van der Waals surface area contributed by atoms with E-state index < -0.39 is 5.97 Å². The van der Waals surface area contributed by atoms with E-state index in [0.717, 1.165) is 6.42 Å². The number of carbonyl (C=O) groups excluding carboxylic acids is 1. The number of hydrogen-bond donors (Lipinski definition) is 2. The van der Waals surface area contributed by atoms with Crippen LogP contribution in [0.4, 0.5) is 0 Å². The Labute approximate surface area is 106 Å². The first-order valence-corrected chi connectivity index (χ1v) is 5.94. The van der Waals surface area contributed by atoms with Crippen molar-refractivity contribution < 1.29 is 14.7 Å². The molecule has 1 heterocycles. The van der Waals surface area contributed by atoms with Crippen LogP contribution >= 0.6 is 0 Å². The van der Waals surface area contributed by atoms with E-state index in [9.17, 15) is 9.59 Å². The minimum atomic E-state index is -1.04. The number of nitrogens with zero attached hydrogens (tertiary/aromatic N) is 1. The standard InChI is InChI=1S/C13H18N2O3/c1-4-8(2)7-14-12(16)11-6-5-10(13(17)18)9(3)15-11/h5-6,8H,4,7H2,1-3H3,(H,14,16)(H,17,18). The Morgan fingerprint density at radius 2 is 2.11 bits per heavy atom. The first-order valence-electron chi connectivity index (χ1n) is 5.94. The Balaban J connectivity index is 2.76. The van der Waals surface area contributed by atoms with Crippen molar-refractivity contribution in [3.63, 3.8) is 0 Å². The van der Waals surface area contributed by atoms with Gasteiger partial charge in [0, 0.05) is 6.54 Å². The lowest BCUT2D eigenvalue weighted by Gasteiger charge is -2.10. The minimum Gasteiger partial charge on any atom is -0.478 e. The first kappa shape index (κ1) is 14.2. The highest BCUT2D eigenvalue weighted by atomic mass is 16.4. The van der Waals surface area contributed by atoms with Crippen molar-refractivity contribution in [2.75, 3.05) is 6.54 Å². The largest absolute Gasteiger partial charge is 0.478 e. The molecule has 0 saturated carbocycles. The van der Waals surface area contributed by atoms with Gasteiger partial charge in [0.15, 0.2) is 0 Å². The second kappa shape index (κ2) is 6.14. The predicted molar refractivity (Wildman–Crippen MR) is 67.7 cm³/mol. The summed E-state index contributed by atoms with van der Waals surface area (Å²) < 4.78 is 0. The molecule has 5 nitrogen and oxygen atoms in total. The molecule has 1 rings (SSSR count). The minimum absolute atomic E-state index is 0.119. The van der Waals surface area contributed by atoms with Crippen LogP contribution in [0.3, 0.4) is 0 Å². The van der Waals surface area contributed by atoms with E-state index in [-0.39, 0.29) is 17.2 Å². The topological polar surface area (TPSA) is 79.3 Å². The van der Waals surface area contributed by atoms with Gasteiger partial charge in [0.2, 0.25) is 0 Å². The smallest absolute Gasteiger partial charge is 0.337 e. The van der Waals surface area contributed by atoms with Crippen LogP contribution in [0.1, 0.15) is 46.8 Å². The van der Waals surface area contributed by atoms with Crippen molar-refractivity contribution in [1.29, 1.82) is 0 Å². The number of carboxylic acids is 1. The van der Waals surface area contributed by atoms with E-state index in [1.807, 2.05) is 6.92 Å². The number of pyridine rings is 1. The van der Waals surface area contributed by atoms with E-state index in [2.05, 4.69) is 17.2 Å². The first-order chi connectivity index (χ1) is 8.45. The Morgan fingerprint density at radius 3 is 2.61 bits per heavy atom. The van der Waals surface area contributed by atoms with Gasteiger partial charge in [0.1, 0.15) is 5.69 Å². The summed E-state index contributed by atoms with van der Waals surface area (Å²) in [6.07, 6.45) is 0.991. The maximum Gasteiger partial charge on any atom is 0.337 e. The summed E-state index contributed by atoms with van der Waals surface area (Å²) >= 11 is 0. The van der Waals surface area contributed by atoms with Crippen LogP contribution in [0.5, 0.6) is 0 Å². The molecule has 18 heavy (non-hydrogen) atoms. The molecule has 98 valence electrons. The van der Waals surface area contributed by atoms with Crippen LogP contribution in [-0.2, 0) is 0 Å². The molecule has 1 unspecified atom stereocenters. The van der Waals surface area contributed by atoms with Crippen LogP contribution in [-0.4, -0.2) is 28.5 Å². The Morgan fingerprint density at radius 1 is 1.44 bits per heavy atom. The predicted octanol–water partition coefficient (Wildman–Crippen LogP) is 1.86. The molecular weight excluding hydrogens is 232 g/mol. The molecule has 0 aromatic carbocycles. The van der Waals surface area contributed by atoms with Crippen LogP contribution < -0.4 is 5.32 Å². The van der Waals surface area contributed by atoms with Gasteiger partial charge in [-0.1, -0.05) is 20.3 Å². The number of aryl methyl sites for hydroxylation is 1. The zero-order valence-electron chi connectivity index (χ0n) is 10.9. The summed E-state index contributed by atoms with van der Waals surface area (Å²) in [5.41, 5.74) is 0.716. The number of aromatic carboxylic acids is 1. The second-order valence-electron chi connectivity index (χ2n) is 4.36. The number of amides is 1. The Bertz CT molecular complexity index is 458. The quantitative estimate of drug-likeness (QED) is 0.836. The molecule has 1 aromatic rings. The molecule has 5 heteroatoms. The molecule has 0 fully saturated rings. The Kier molecular flexibility index (Phi) is 4.83. The summed E-state index contributed by atoms with van der Waals surface area (Å²) in [5.74, 6) is -0.893. The van der Waals surface area contributed by atoms with Crippen molar-refractivity contribution in [3.8, 4) is 0 Å². The van der Waals surface area contributed by atoms with Gasteiger partial charge in [-0.05, 0) is 25.0 Å². The number of hydrogen-bond acceptors (Lipinski definition) is 3.